The second kappa shape index (κ2) is 8.52. The van der Waals surface area contributed by atoms with E-state index in [9.17, 15) is 14.4 Å². The summed E-state index contributed by atoms with van der Waals surface area (Å²) < 4.78 is 0. The van der Waals surface area contributed by atoms with Gasteiger partial charge in [-0.15, -0.1) is 0 Å². The second-order valence-corrected chi connectivity index (χ2v) is 7.15. The third-order valence-electron chi connectivity index (χ3n) is 5.56. The Morgan fingerprint density at radius 1 is 1.00 bits per heavy atom. The number of likely N-dealkylation sites (N-methyl/N-ethyl adjacent to an activating group) is 1. The molecule has 7 nitrogen and oxygen atoms in total. The third kappa shape index (κ3) is 4.13. The summed E-state index contributed by atoms with van der Waals surface area (Å²) in [6.45, 7) is 4.54. The summed E-state index contributed by atoms with van der Waals surface area (Å²) in [4.78, 5) is 43.0. The average molecular weight is 372 g/mol. The van der Waals surface area contributed by atoms with Gasteiger partial charge in [0, 0.05) is 46.7 Å². The minimum atomic E-state index is -0.467. The predicted octanol–water partition coefficient (Wildman–Crippen LogP) is 0.629. The molecule has 2 heterocycles. The molecule has 1 aromatic rings. The monoisotopic (exact) mass is 372 g/mol. The number of benzene rings is 1. The first-order chi connectivity index (χ1) is 13.0. The lowest BCUT2D eigenvalue weighted by atomic mass is 10.0. The third-order valence-corrected chi connectivity index (χ3v) is 5.56. The Bertz CT molecular complexity index is 686. The van der Waals surface area contributed by atoms with Crippen LogP contribution in [0.5, 0.6) is 0 Å². The van der Waals surface area contributed by atoms with Crippen molar-refractivity contribution in [2.75, 3.05) is 39.8 Å². The van der Waals surface area contributed by atoms with Gasteiger partial charge in [0.25, 0.3) is 0 Å². The van der Waals surface area contributed by atoms with Crippen molar-refractivity contribution in [3.8, 4) is 0 Å². The molecule has 0 bridgehead atoms. The van der Waals surface area contributed by atoms with Gasteiger partial charge in [0.15, 0.2) is 0 Å². The Kier molecular flexibility index (Phi) is 6.11. The molecule has 3 rings (SSSR count). The van der Waals surface area contributed by atoms with E-state index < -0.39 is 6.04 Å². The Hall–Kier alpha value is -2.41. The van der Waals surface area contributed by atoms with Crippen LogP contribution in [0.2, 0.25) is 0 Å². The number of hydrogen-bond acceptors (Lipinski definition) is 4. The van der Waals surface area contributed by atoms with Crippen LogP contribution < -0.4 is 5.32 Å². The molecule has 3 amide bonds. The fraction of sp³-hybridized carbons (Fsp3) is 0.550. The smallest absolute Gasteiger partial charge is 0.241 e. The highest BCUT2D eigenvalue weighted by molar-refractivity contribution is 5.86. The summed E-state index contributed by atoms with van der Waals surface area (Å²) in [6.07, 6.45) is 1.65. The molecule has 2 fully saturated rings. The van der Waals surface area contributed by atoms with Crippen molar-refractivity contribution in [1.82, 2.24) is 20.0 Å². The van der Waals surface area contributed by atoms with Gasteiger partial charge in [-0.05, 0) is 18.4 Å². The maximum Gasteiger partial charge on any atom is 0.241 e. The molecule has 2 atom stereocenters. The van der Waals surface area contributed by atoms with Crippen LogP contribution >= 0.6 is 0 Å². The normalized spacial score (nSPS) is 21.8. The summed E-state index contributed by atoms with van der Waals surface area (Å²) in [6, 6.07) is 8.86. The summed E-state index contributed by atoms with van der Waals surface area (Å²) in [5, 5.41) is 2.75. The lowest BCUT2D eigenvalue weighted by molar-refractivity contribution is -0.143. The fourth-order valence-electron chi connectivity index (χ4n) is 4.08. The number of rotatable bonds is 4. The molecule has 0 saturated carbocycles. The van der Waals surface area contributed by atoms with E-state index in [1.807, 2.05) is 40.1 Å². The van der Waals surface area contributed by atoms with Gasteiger partial charge in [0.2, 0.25) is 17.7 Å². The van der Waals surface area contributed by atoms with Gasteiger partial charge in [0.1, 0.15) is 6.04 Å². The van der Waals surface area contributed by atoms with Crippen molar-refractivity contribution in [3.05, 3.63) is 35.9 Å². The molecule has 2 aliphatic heterocycles. The molecule has 1 aromatic carbocycles. The quantitative estimate of drug-likeness (QED) is 0.841. The lowest BCUT2D eigenvalue weighted by Crippen LogP contribution is -2.55. The van der Waals surface area contributed by atoms with Crippen LogP contribution in [0.1, 0.15) is 31.4 Å². The van der Waals surface area contributed by atoms with E-state index in [1.54, 1.807) is 18.9 Å². The summed E-state index contributed by atoms with van der Waals surface area (Å²) in [5.74, 6) is 0.0242. The summed E-state index contributed by atoms with van der Waals surface area (Å²) in [5.41, 5.74) is 0.901. The largest absolute Gasteiger partial charge is 0.358 e. The Balaban J connectivity index is 1.76. The zero-order valence-corrected chi connectivity index (χ0v) is 16.1. The van der Waals surface area contributed by atoms with Crippen molar-refractivity contribution in [2.45, 2.75) is 31.8 Å². The number of nitrogens with one attached hydrogen (secondary N) is 1. The average Bonchev–Trinajstić information content (AvgIpc) is 3.17. The first-order valence-corrected chi connectivity index (χ1v) is 9.59. The van der Waals surface area contributed by atoms with E-state index in [0.29, 0.717) is 26.2 Å². The number of hydrogen-bond donors (Lipinski definition) is 1. The molecule has 0 aliphatic carbocycles. The molecule has 1 N–H and O–H groups in total. The zero-order valence-electron chi connectivity index (χ0n) is 16.1. The number of nitrogens with zero attached hydrogens (tertiary/aromatic N) is 3. The van der Waals surface area contributed by atoms with E-state index in [1.165, 1.54) is 0 Å². The van der Waals surface area contributed by atoms with Crippen LogP contribution in [0.4, 0.5) is 0 Å². The molecule has 0 spiro atoms. The second-order valence-electron chi connectivity index (χ2n) is 7.15. The molecule has 146 valence electrons. The molecular formula is C20H28N4O3. The Morgan fingerprint density at radius 3 is 2.22 bits per heavy atom. The molecule has 27 heavy (non-hydrogen) atoms. The predicted molar refractivity (Wildman–Crippen MR) is 102 cm³/mol. The van der Waals surface area contributed by atoms with Crippen LogP contribution in [-0.4, -0.2) is 78.2 Å². The zero-order chi connectivity index (χ0) is 19.4. The van der Waals surface area contributed by atoms with E-state index in [-0.39, 0.29) is 23.8 Å². The van der Waals surface area contributed by atoms with Crippen molar-refractivity contribution < 1.29 is 14.4 Å². The highest BCUT2D eigenvalue weighted by atomic mass is 16.2. The van der Waals surface area contributed by atoms with Crippen molar-refractivity contribution in [1.29, 1.82) is 0 Å². The van der Waals surface area contributed by atoms with Crippen molar-refractivity contribution >= 4 is 17.7 Å². The van der Waals surface area contributed by atoms with Gasteiger partial charge in [-0.1, -0.05) is 30.3 Å². The molecule has 7 heteroatoms. The van der Waals surface area contributed by atoms with Gasteiger partial charge in [0.05, 0.1) is 6.04 Å². The minimum Gasteiger partial charge on any atom is -0.358 e. The molecular weight excluding hydrogens is 344 g/mol. The number of likely N-dealkylation sites (tertiary alicyclic amines) is 1. The van der Waals surface area contributed by atoms with Crippen LogP contribution in [-0.2, 0) is 14.4 Å². The highest BCUT2D eigenvalue weighted by Gasteiger charge is 2.41. The standard InChI is InChI=1S/C20H28N4O3/c1-15(25)22-11-13-23(14-12-22)20(27)17-9-6-10-24(17)18(19(26)21-2)16-7-4-3-5-8-16/h3-5,7-8,17-18H,6,9-14H2,1-2H3,(H,21,26)/t17-,18+/m0/s1. The van der Waals surface area contributed by atoms with Crippen LogP contribution in [0.15, 0.2) is 30.3 Å². The van der Waals surface area contributed by atoms with Crippen LogP contribution in [0.3, 0.4) is 0 Å². The van der Waals surface area contributed by atoms with Crippen LogP contribution in [0.25, 0.3) is 0 Å². The SMILES string of the molecule is CNC(=O)[C@@H](c1ccccc1)N1CCC[C@H]1C(=O)N1CCN(C(C)=O)CC1. The minimum absolute atomic E-state index is 0.0494. The van der Waals surface area contributed by atoms with Gasteiger partial charge in [-0.2, -0.15) is 0 Å². The molecule has 2 aliphatic rings. The number of carbonyl (C=O) groups excluding carboxylic acids is 3. The van der Waals surface area contributed by atoms with Gasteiger partial charge in [-0.3, -0.25) is 19.3 Å². The number of piperazine rings is 1. The highest BCUT2D eigenvalue weighted by Crippen LogP contribution is 2.31. The molecule has 0 aromatic heterocycles. The summed E-state index contributed by atoms with van der Waals surface area (Å²) >= 11 is 0. The van der Waals surface area contributed by atoms with E-state index in [4.69, 9.17) is 0 Å². The first kappa shape index (κ1) is 19.4. The maximum atomic E-state index is 13.2. The number of carbonyl (C=O) groups is 3. The fourth-order valence-corrected chi connectivity index (χ4v) is 4.08. The van der Waals surface area contributed by atoms with Gasteiger partial charge in [-0.25, -0.2) is 0 Å². The van der Waals surface area contributed by atoms with E-state index >= 15 is 0 Å². The van der Waals surface area contributed by atoms with Crippen LogP contribution in [0, 0.1) is 0 Å². The van der Waals surface area contributed by atoms with Gasteiger partial charge >= 0.3 is 0 Å². The Morgan fingerprint density at radius 2 is 1.63 bits per heavy atom. The van der Waals surface area contributed by atoms with Crippen molar-refractivity contribution in [3.63, 3.8) is 0 Å². The lowest BCUT2D eigenvalue weighted by Gasteiger charge is -2.38. The molecule has 2 saturated heterocycles. The Labute approximate surface area is 160 Å². The molecule has 0 radical (unpaired) electrons. The van der Waals surface area contributed by atoms with Crippen molar-refractivity contribution in [2.24, 2.45) is 0 Å². The van der Waals surface area contributed by atoms with Gasteiger partial charge < -0.3 is 15.1 Å². The topological polar surface area (TPSA) is 73.0 Å². The van der Waals surface area contributed by atoms with E-state index in [2.05, 4.69) is 5.32 Å². The number of amides is 3. The van der Waals surface area contributed by atoms with E-state index in [0.717, 1.165) is 24.9 Å². The first-order valence-electron chi connectivity index (χ1n) is 9.59. The molecule has 0 unspecified atom stereocenters. The summed E-state index contributed by atoms with van der Waals surface area (Å²) in [7, 11) is 1.63. The maximum absolute atomic E-state index is 13.2.